The molecule has 8 heteroatoms. The summed E-state index contributed by atoms with van der Waals surface area (Å²) in [5.41, 5.74) is 0.457. The molecule has 3 aromatic heterocycles. The van der Waals surface area contributed by atoms with Gasteiger partial charge in [0.2, 0.25) is 0 Å². The normalized spacial score (nSPS) is 12.0. The zero-order valence-corrected chi connectivity index (χ0v) is 11.2. The zero-order valence-electron chi connectivity index (χ0n) is 9.65. The summed E-state index contributed by atoms with van der Waals surface area (Å²) >= 11 is 6.47. The monoisotopic (exact) mass is 315 g/mol. The second kappa shape index (κ2) is 4.68. The first-order chi connectivity index (χ1) is 9.45. The summed E-state index contributed by atoms with van der Waals surface area (Å²) < 4.78 is 38.1. The van der Waals surface area contributed by atoms with Gasteiger partial charge < -0.3 is 0 Å². The molecular weight excluding hydrogens is 311 g/mol. The third kappa shape index (κ3) is 2.34. The van der Waals surface area contributed by atoms with Gasteiger partial charge in [-0.1, -0.05) is 17.7 Å². The van der Waals surface area contributed by atoms with Crippen molar-refractivity contribution in [3.8, 4) is 11.5 Å². The number of hydrogen-bond donors (Lipinski definition) is 0. The summed E-state index contributed by atoms with van der Waals surface area (Å²) in [6.07, 6.45) is -2.87. The van der Waals surface area contributed by atoms with Crippen molar-refractivity contribution in [2.75, 3.05) is 0 Å². The fourth-order valence-corrected chi connectivity index (χ4v) is 2.81. The fourth-order valence-electron chi connectivity index (χ4n) is 1.64. The van der Waals surface area contributed by atoms with Gasteiger partial charge in [-0.3, -0.25) is 4.98 Å². The second-order valence-corrected chi connectivity index (χ2v) is 5.27. The number of alkyl halides is 3. The van der Waals surface area contributed by atoms with Crippen LogP contribution in [0.25, 0.3) is 21.7 Å². The van der Waals surface area contributed by atoms with Crippen molar-refractivity contribution in [1.82, 2.24) is 15.0 Å². The van der Waals surface area contributed by atoms with Crippen molar-refractivity contribution in [1.29, 1.82) is 0 Å². The van der Waals surface area contributed by atoms with E-state index in [1.165, 1.54) is 0 Å². The minimum absolute atomic E-state index is 0.0117. The van der Waals surface area contributed by atoms with Gasteiger partial charge in [0.05, 0.1) is 0 Å². The topological polar surface area (TPSA) is 38.7 Å². The predicted molar refractivity (Wildman–Crippen MR) is 70.7 cm³/mol. The van der Waals surface area contributed by atoms with Gasteiger partial charge in [0.15, 0.2) is 5.82 Å². The lowest BCUT2D eigenvalue weighted by Crippen LogP contribution is -2.00. The van der Waals surface area contributed by atoms with E-state index in [0.29, 0.717) is 17.0 Å². The number of thiophene rings is 1. The fraction of sp³-hybridized carbons (Fsp3) is 0.0833. The van der Waals surface area contributed by atoms with Gasteiger partial charge in [0.1, 0.15) is 20.6 Å². The van der Waals surface area contributed by atoms with Crippen molar-refractivity contribution in [2.24, 2.45) is 0 Å². The molecule has 20 heavy (non-hydrogen) atoms. The van der Waals surface area contributed by atoms with Crippen LogP contribution in [-0.4, -0.2) is 15.0 Å². The summed E-state index contributed by atoms with van der Waals surface area (Å²) in [5, 5.41) is 0.186. The molecule has 0 N–H and O–H groups in total. The smallest absolute Gasteiger partial charge is 0.253 e. The van der Waals surface area contributed by atoms with Crippen LogP contribution in [0.15, 0.2) is 30.5 Å². The van der Waals surface area contributed by atoms with Crippen molar-refractivity contribution in [3.63, 3.8) is 0 Å². The third-order valence-corrected chi connectivity index (χ3v) is 3.88. The standard InChI is InChI=1S/C12H5ClF3N3S/c13-9-6-5-8(12(14,15)16)20-11(6)19-10(18-9)7-3-1-2-4-17-7/h1-5H. The maximum absolute atomic E-state index is 12.7. The Morgan fingerprint density at radius 2 is 1.95 bits per heavy atom. The highest BCUT2D eigenvalue weighted by Gasteiger charge is 2.33. The Morgan fingerprint density at radius 3 is 2.60 bits per heavy atom. The number of fused-ring (bicyclic) bond motifs is 1. The maximum atomic E-state index is 12.7. The lowest BCUT2D eigenvalue weighted by Gasteiger charge is -2.00. The summed E-state index contributed by atoms with van der Waals surface area (Å²) in [7, 11) is 0. The molecule has 3 heterocycles. The van der Waals surface area contributed by atoms with Crippen LogP contribution in [0, 0.1) is 0 Å². The molecule has 0 aliphatic carbocycles. The molecule has 0 fully saturated rings. The molecule has 0 saturated heterocycles. The number of nitrogens with zero attached hydrogens (tertiary/aromatic N) is 3. The van der Waals surface area contributed by atoms with Crippen LogP contribution in [0.1, 0.15) is 4.88 Å². The highest BCUT2D eigenvalue weighted by atomic mass is 35.5. The maximum Gasteiger partial charge on any atom is 0.425 e. The minimum Gasteiger partial charge on any atom is -0.253 e. The summed E-state index contributed by atoms with van der Waals surface area (Å²) in [6.45, 7) is 0. The van der Waals surface area contributed by atoms with Gasteiger partial charge >= 0.3 is 6.18 Å². The molecule has 102 valence electrons. The van der Waals surface area contributed by atoms with E-state index in [1.54, 1.807) is 24.4 Å². The first kappa shape index (κ1) is 13.3. The van der Waals surface area contributed by atoms with Crippen LogP contribution < -0.4 is 0 Å². The van der Waals surface area contributed by atoms with Crippen LogP contribution in [0.5, 0.6) is 0 Å². The van der Waals surface area contributed by atoms with E-state index in [9.17, 15) is 13.2 Å². The first-order valence-electron chi connectivity index (χ1n) is 5.41. The van der Waals surface area contributed by atoms with Crippen molar-refractivity contribution in [2.45, 2.75) is 6.18 Å². The van der Waals surface area contributed by atoms with Crippen LogP contribution in [0.3, 0.4) is 0 Å². The van der Waals surface area contributed by atoms with Crippen molar-refractivity contribution in [3.05, 3.63) is 40.5 Å². The average Bonchev–Trinajstić information content (AvgIpc) is 2.84. The Bertz CT molecular complexity index is 771. The molecule has 0 bridgehead atoms. The molecule has 0 radical (unpaired) electrons. The van der Waals surface area contributed by atoms with E-state index < -0.39 is 11.1 Å². The van der Waals surface area contributed by atoms with Gasteiger partial charge in [-0.15, -0.1) is 11.3 Å². The largest absolute Gasteiger partial charge is 0.425 e. The number of aromatic nitrogens is 3. The van der Waals surface area contributed by atoms with E-state index in [2.05, 4.69) is 15.0 Å². The van der Waals surface area contributed by atoms with E-state index in [-0.39, 0.29) is 21.2 Å². The molecule has 0 aromatic carbocycles. The molecule has 3 aromatic rings. The van der Waals surface area contributed by atoms with Crippen LogP contribution in [0.2, 0.25) is 5.15 Å². The number of pyridine rings is 1. The summed E-state index contributed by atoms with van der Waals surface area (Å²) in [6, 6.07) is 6.08. The molecule has 3 nitrogen and oxygen atoms in total. The molecule has 0 amide bonds. The predicted octanol–water partition coefficient (Wildman–Crippen LogP) is 4.43. The molecule has 0 atom stereocenters. The molecule has 0 aliphatic heterocycles. The summed E-state index contributed by atoms with van der Waals surface area (Å²) in [4.78, 5) is 11.6. The van der Waals surface area contributed by atoms with Crippen LogP contribution in [0.4, 0.5) is 13.2 Å². The Balaban J connectivity index is 2.19. The van der Waals surface area contributed by atoms with Gasteiger partial charge in [-0.2, -0.15) is 13.2 Å². The SMILES string of the molecule is FC(F)(F)c1cc2c(Cl)nc(-c3ccccn3)nc2s1. The van der Waals surface area contributed by atoms with Crippen LogP contribution in [-0.2, 0) is 6.18 Å². The van der Waals surface area contributed by atoms with Gasteiger partial charge in [-0.05, 0) is 18.2 Å². The second-order valence-electron chi connectivity index (χ2n) is 3.88. The molecule has 0 aliphatic rings. The highest BCUT2D eigenvalue weighted by Crippen LogP contribution is 2.39. The molecule has 0 saturated carbocycles. The minimum atomic E-state index is -4.42. The van der Waals surface area contributed by atoms with Crippen molar-refractivity contribution >= 4 is 33.2 Å². The zero-order chi connectivity index (χ0) is 14.3. The van der Waals surface area contributed by atoms with Crippen LogP contribution >= 0.6 is 22.9 Å². The summed E-state index contributed by atoms with van der Waals surface area (Å²) in [5.74, 6) is 0.207. The Kier molecular flexibility index (Phi) is 3.10. The van der Waals surface area contributed by atoms with Gasteiger partial charge in [0.25, 0.3) is 0 Å². The number of rotatable bonds is 1. The molecular formula is C12H5ClF3N3S. The van der Waals surface area contributed by atoms with Gasteiger partial charge in [-0.25, -0.2) is 9.97 Å². The Labute approximate surface area is 120 Å². The first-order valence-corrected chi connectivity index (χ1v) is 6.60. The van der Waals surface area contributed by atoms with E-state index >= 15 is 0 Å². The number of hydrogen-bond acceptors (Lipinski definition) is 4. The molecule has 0 unspecified atom stereocenters. The highest BCUT2D eigenvalue weighted by molar-refractivity contribution is 7.18. The van der Waals surface area contributed by atoms with Crippen molar-refractivity contribution < 1.29 is 13.2 Å². The lowest BCUT2D eigenvalue weighted by molar-refractivity contribution is -0.134. The van der Waals surface area contributed by atoms with Gasteiger partial charge in [0, 0.05) is 11.6 Å². The lowest BCUT2D eigenvalue weighted by atomic mass is 10.3. The van der Waals surface area contributed by atoms with E-state index in [1.807, 2.05) is 0 Å². The average molecular weight is 316 g/mol. The molecule has 3 rings (SSSR count). The Morgan fingerprint density at radius 1 is 1.15 bits per heavy atom. The molecule has 0 spiro atoms. The van der Waals surface area contributed by atoms with E-state index in [0.717, 1.165) is 6.07 Å². The quantitative estimate of drug-likeness (QED) is 0.624. The van der Waals surface area contributed by atoms with E-state index in [4.69, 9.17) is 11.6 Å². The third-order valence-electron chi connectivity index (χ3n) is 2.52. The number of halogens is 4. The Hall–Kier alpha value is -1.73.